The van der Waals surface area contributed by atoms with E-state index in [0.717, 1.165) is 27.6 Å². The smallest absolute Gasteiger partial charge is 0.247 e. The lowest BCUT2D eigenvalue weighted by molar-refractivity contribution is -0.132. The van der Waals surface area contributed by atoms with Gasteiger partial charge in [-0.3, -0.25) is 4.79 Å². The van der Waals surface area contributed by atoms with Crippen molar-refractivity contribution in [3.63, 3.8) is 0 Å². The number of halogens is 2. The molecule has 1 fully saturated rings. The van der Waals surface area contributed by atoms with E-state index < -0.39 is 21.7 Å². The molecule has 1 aliphatic rings. The predicted molar refractivity (Wildman–Crippen MR) is 114 cm³/mol. The number of amides is 1. The van der Waals surface area contributed by atoms with E-state index in [9.17, 15) is 22.0 Å². The molecule has 174 valence electrons. The van der Waals surface area contributed by atoms with Crippen LogP contribution in [0.25, 0.3) is 11.5 Å². The van der Waals surface area contributed by atoms with E-state index in [1.165, 1.54) is 0 Å². The van der Waals surface area contributed by atoms with Crippen LogP contribution in [-0.2, 0) is 21.2 Å². The van der Waals surface area contributed by atoms with Gasteiger partial charge in [0.05, 0.1) is 4.90 Å². The third-order valence-corrected chi connectivity index (χ3v) is 7.33. The number of hydrogen-bond donors (Lipinski definition) is 0. The van der Waals surface area contributed by atoms with Crippen LogP contribution in [0.1, 0.15) is 17.9 Å². The lowest BCUT2D eigenvalue weighted by atomic mass is 10.1. The van der Waals surface area contributed by atoms with Gasteiger partial charge in [-0.15, -0.1) is 10.2 Å². The molecule has 0 unspecified atom stereocenters. The van der Waals surface area contributed by atoms with E-state index >= 15 is 0 Å². The van der Waals surface area contributed by atoms with Crippen molar-refractivity contribution >= 4 is 15.9 Å². The number of benzene rings is 2. The van der Waals surface area contributed by atoms with Crippen LogP contribution in [0.2, 0.25) is 0 Å². The van der Waals surface area contributed by atoms with E-state index in [1.807, 2.05) is 31.2 Å². The van der Waals surface area contributed by atoms with Crippen molar-refractivity contribution in [3.8, 4) is 11.5 Å². The second-order valence-electron chi connectivity index (χ2n) is 7.73. The van der Waals surface area contributed by atoms with Gasteiger partial charge in [0.25, 0.3) is 0 Å². The van der Waals surface area contributed by atoms with Gasteiger partial charge < -0.3 is 9.32 Å². The Hall–Kier alpha value is -3.18. The molecule has 1 aliphatic heterocycles. The Morgan fingerprint density at radius 1 is 1.00 bits per heavy atom. The molecule has 0 radical (unpaired) electrons. The van der Waals surface area contributed by atoms with Crippen LogP contribution in [0.5, 0.6) is 0 Å². The molecule has 2 heterocycles. The SMILES string of the molecule is Cc1ccc(-c2nnc(CCC(=O)N3CCN(S(=O)(=O)c4ccc(F)c(F)c4)CC3)o2)cc1. The Balaban J connectivity index is 1.31. The zero-order valence-electron chi connectivity index (χ0n) is 17.9. The summed E-state index contributed by atoms with van der Waals surface area (Å²) in [5.74, 6) is -1.77. The first kappa shape index (κ1) is 23.0. The molecule has 1 saturated heterocycles. The first-order valence-electron chi connectivity index (χ1n) is 10.4. The average Bonchev–Trinajstić information content (AvgIpc) is 3.29. The molecule has 8 nitrogen and oxygen atoms in total. The zero-order valence-corrected chi connectivity index (χ0v) is 18.7. The number of aromatic nitrogens is 2. The maximum atomic E-state index is 13.5. The van der Waals surface area contributed by atoms with Gasteiger partial charge in [-0.2, -0.15) is 4.31 Å². The molecular weight excluding hydrogens is 454 g/mol. The highest BCUT2D eigenvalue weighted by Crippen LogP contribution is 2.21. The minimum absolute atomic E-state index is 0.0607. The molecule has 0 saturated carbocycles. The van der Waals surface area contributed by atoms with Crippen molar-refractivity contribution in [1.82, 2.24) is 19.4 Å². The fourth-order valence-corrected chi connectivity index (χ4v) is 4.94. The van der Waals surface area contributed by atoms with E-state index in [2.05, 4.69) is 10.2 Å². The van der Waals surface area contributed by atoms with Gasteiger partial charge in [-0.25, -0.2) is 17.2 Å². The molecule has 3 aromatic rings. The molecule has 0 N–H and O–H groups in total. The van der Waals surface area contributed by atoms with Crippen molar-refractivity contribution < 1.29 is 26.4 Å². The van der Waals surface area contributed by atoms with Crippen LogP contribution in [0, 0.1) is 18.6 Å². The number of rotatable bonds is 6. The summed E-state index contributed by atoms with van der Waals surface area (Å²) < 4.78 is 58.7. The monoisotopic (exact) mass is 476 g/mol. The number of aryl methyl sites for hydroxylation is 2. The fraction of sp³-hybridized carbons (Fsp3) is 0.318. The van der Waals surface area contributed by atoms with Gasteiger partial charge in [-0.05, 0) is 37.3 Å². The number of carbonyl (C=O) groups is 1. The lowest BCUT2D eigenvalue weighted by Gasteiger charge is -2.34. The van der Waals surface area contributed by atoms with Crippen LogP contribution in [0.3, 0.4) is 0 Å². The van der Waals surface area contributed by atoms with Crippen molar-refractivity contribution in [2.24, 2.45) is 0 Å². The molecule has 33 heavy (non-hydrogen) atoms. The van der Waals surface area contributed by atoms with E-state index in [4.69, 9.17) is 4.42 Å². The summed E-state index contributed by atoms with van der Waals surface area (Å²) in [4.78, 5) is 13.8. The van der Waals surface area contributed by atoms with Gasteiger partial charge >= 0.3 is 0 Å². The van der Waals surface area contributed by atoms with Gasteiger partial charge in [0.15, 0.2) is 11.6 Å². The molecular formula is C22H22F2N4O4S. The minimum atomic E-state index is -3.98. The standard InChI is InChI=1S/C22H22F2N4O4S/c1-15-2-4-16(5-3-15)22-26-25-20(32-22)8-9-21(29)27-10-12-28(13-11-27)33(30,31)17-6-7-18(23)19(24)14-17/h2-7,14H,8-13H2,1H3. The van der Waals surface area contributed by atoms with Crippen LogP contribution in [-0.4, -0.2) is 59.9 Å². The topological polar surface area (TPSA) is 96.6 Å². The maximum Gasteiger partial charge on any atom is 0.247 e. The number of carbonyl (C=O) groups excluding carboxylic acids is 1. The largest absolute Gasteiger partial charge is 0.421 e. The normalized spacial score (nSPS) is 15.1. The Morgan fingerprint density at radius 2 is 1.70 bits per heavy atom. The summed E-state index contributed by atoms with van der Waals surface area (Å²) in [7, 11) is -3.98. The molecule has 2 aromatic carbocycles. The summed E-state index contributed by atoms with van der Waals surface area (Å²) in [6, 6.07) is 10.1. The third-order valence-electron chi connectivity index (χ3n) is 5.44. The predicted octanol–water partition coefficient (Wildman–Crippen LogP) is 2.79. The molecule has 1 aromatic heterocycles. The van der Waals surface area contributed by atoms with Crippen molar-refractivity contribution in [2.75, 3.05) is 26.2 Å². The highest BCUT2D eigenvalue weighted by Gasteiger charge is 2.30. The molecule has 0 bridgehead atoms. The van der Waals surface area contributed by atoms with Crippen molar-refractivity contribution in [2.45, 2.75) is 24.7 Å². The maximum absolute atomic E-state index is 13.5. The fourth-order valence-electron chi connectivity index (χ4n) is 3.50. The number of nitrogens with zero attached hydrogens (tertiary/aromatic N) is 4. The first-order valence-corrected chi connectivity index (χ1v) is 11.8. The van der Waals surface area contributed by atoms with Gasteiger partial charge in [0.1, 0.15) is 0 Å². The van der Waals surface area contributed by atoms with E-state index in [1.54, 1.807) is 4.90 Å². The van der Waals surface area contributed by atoms with Gasteiger partial charge in [0.2, 0.25) is 27.7 Å². The Morgan fingerprint density at radius 3 is 2.36 bits per heavy atom. The second-order valence-corrected chi connectivity index (χ2v) is 9.67. The van der Waals surface area contributed by atoms with Crippen LogP contribution >= 0.6 is 0 Å². The summed E-state index contributed by atoms with van der Waals surface area (Å²) >= 11 is 0. The molecule has 1 amide bonds. The first-order chi connectivity index (χ1) is 15.7. The summed E-state index contributed by atoms with van der Waals surface area (Å²) in [5, 5.41) is 8.01. The van der Waals surface area contributed by atoms with Gasteiger partial charge in [-0.1, -0.05) is 17.7 Å². The minimum Gasteiger partial charge on any atom is -0.421 e. The zero-order chi connectivity index (χ0) is 23.6. The summed E-state index contributed by atoms with van der Waals surface area (Å²) in [5.41, 5.74) is 1.91. The number of piperazine rings is 1. The van der Waals surface area contributed by atoms with Crippen molar-refractivity contribution in [3.05, 3.63) is 65.6 Å². The molecule has 4 rings (SSSR count). The lowest BCUT2D eigenvalue weighted by Crippen LogP contribution is -2.50. The third kappa shape index (κ3) is 5.09. The van der Waals surface area contributed by atoms with Crippen LogP contribution in [0.4, 0.5) is 8.78 Å². The average molecular weight is 477 g/mol. The summed E-state index contributed by atoms with van der Waals surface area (Å²) in [6.45, 7) is 2.49. The number of sulfonamides is 1. The van der Waals surface area contributed by atoms with Crippen LogP contribution < -0.4 is 0 Å². The highest BCUT2D eigenvalue weighted by atomic mass is 32.2. The van der Waals surface area contributed by atoms with E-state index in [-0.39, 0.29) is 49.8 Å². The van der Waals surface area contributed by atoms with Crippen molar-refractivity contribution in [1.29, 1.82) is 0 Å². The molecule has 11 heteroatoms. The van der Waals surface area contributed by atoms with Crippen LogP contribution in [0.15, 0.2) is 51.8 Å². The second kappa shape index (κ2) is 9.36. The Kier molecular flexibility index (Phi) is 6.52. The van der Waals surface area contributed by atoms with Gasteiger partial charge in [0, 0.05) is 44.6 Å². The quantitative estimate of drug-likeness (QED) is 0.543. The Bertz CT molecular complexity index is 1250. The molecule has 0 atom stereocenters. The number of hydrogen-bond acceptors (Lipinski definition) is 6. The molecule has 0 spiro atoms. The van der Waals surface area contributed by atoms with E-state index in [0.29, 0.717) is 17.8 Å². The molecule has 0 aliphatic carbocycles. The Labute approximate surface area is 189 Å². The highest BCUT2D eigenvalue weighted by molar-refractivity contribution is 7.89. The summed E-state index contributed by atoms with van der Waals surface area (Å²) in [6.07, 6.45) is 0.413.